The van der Waals surface area contributed by atoms with Gasteiger partial charge in [-0.25, -0.2) is 4.79 Å². The number of hydrogen-bond acceptors (Lipinski definition) is 5. The fraction of sp³-hybridized carbons (Fsp3) is 0.286. The van der Waals surface area contributed by atoms with Crippen LogP contribution in [0.3, 0.4) is 0 Å². The van der Waals surface area contributed by atoms with E-state index in [1.807, 2.05) is 61.5 Å². The van der Waals surface area contributed by atoms with Crippen LogP contribution in [0.4, 0.5) is 10.5 Å². The zero-order valence-corrected chi connectivity index (χ0v) is 15.7. The molecule has 0 bridgehead atoms. The summed E-state index contributed by atoms with van der Waals surface area (Å²) in [5.74, 6) is 2.13. The molecule has 1 saturated heterocycles. The molecule has 0 unspecified atom stereocenters. The molecule has 3 aromatic rings. The Hall–Kier alpha value is -3.35. The summed E-state index contributed by atoms with van der Waals surface area (Å²) in [6.45, 7) is 3.68. The second-order valence-electron chi connectivity index (χ2n) is 6.70. The van der Waals surface area contributed by atoms with Crippen LogP contribution in [0, 0.1) is 0 Å². The van der Waals surface area contributed by atoms with E-state index in [9.17, 15) is 4.79 Å². The zero-order chi connectivity index (χ0) is 19.3. The van der Waals surface area contributed by atoms with E-state index >= 15 is 0 Å². The minimum absolute atomic E-state index is 0.0862. The van der Waals surface area contributed by atoms with Gasteiger partial charge < -0.3 is 19.5 Å². The van der Waals surface area contributed by atoms with Crippen molar-refractivity contribution in [2.75, 3.05) is 25.0 Å². The van der Waals surface area contributed by atoms with E-state index in [1.165, 1.54) is 0 Å². The van der Waals surface area contributed by atoms with Crippen molar-refractivity contribution in [1.82, 2.24) is 15.0 Å². The van der Waals surface area contributed by atoms with E-state index in [4.69, 9.17) is 9.26 Å². The molecule has 0 aliphatic carbocycles. The Morgan fingerprint density at radius 1 is 1.18 bits per heavy atom. The number of aromatic nitrogens is 2. The highest BCUT2D eigenvalue weighted by Crippen LogP contribution is 2.27. The molecule has 0 radical (unpaired) electrons. The molecule has 2 heterocycles. The average molecular weight is 378 g/mol. The van der Waals surface area contributed by atoms with E-state index in [0.717, 1.165) is 17.0 Å². The molecule has 28 heavy (non-hydrogen) atoms. The third-order valence-corrected chi connectivity index (χ3v) is 4.62. The van der Waals surface area contributed by atoms with Gasteiger partial charge >= 0.3 is 6.03 Å². The molecule has 1 aliphatic heterocycles. The van der Waals surface area contributed by atoms with Crippen LogP contribution in [0.15, 0.2) is 59.1 Å². The summed E-state index contributed by atoms with van der Waals surface area (Å²) in [5.41, 5.74) is 1.87. The molecule has 144 valence electrons. The quantitative estimate of drug-likeness (QED) is 0.708. The zero-order valence-electron chi connectivity index (χ0n) is 15.7. The van der Waals surface area contributed by atoms with Crippen LogP contribution in [0.1, 0.15) is 30.1 Å². The highest BCUT2D eigenvalue weighted by atomic mass is 16.5. The number of carbonyl (C=O) groups is 1. The Balaban J connectivity index is 1.27. The Bertz CT molecular complexity index is 918. The lowest BCUT2D eigenvalue weighted by Gasteiger charge is -2.36. The van der Waals surface area contributed by atoms with Gasteiger partial charge in [0.25, 0.3) is 0 Å². The van der Waals surface area contributed by atoms with Crippen molar-refractivity contribution in [3.05, 3.63) is 71.9 Å². The Morgan fingerprint density at radius 2 is 1.93 bits per heavy atom. The lowest BCUT2D eigenvalue weighted by molar-refractivity contribution is 0.147. The van der Waals surface area contributed by atoms with Crippen molar-refractivity contribution in [3.8, 4) is 5.75 Å². The smallest absolute Gasteiger partial charge is 0.321 e. The maximum absolute atomic E-state index is 12.3. The summed E-state index contributed by atoms with van der Waals surface area (Å²) in [6, 6.07) is 17.2. The second kappa shape index (κ2) is 8.12. The fourth-order valence-corrected chi connectivity index (χ4v) is 3.09. The van der Waals surface area contributed by atoms with Crippen LogP contribution in [-0.4, -0.2) is 40.8 Å². The van der Waals surface area contributed by atoms with Gasteiger partial charge in [-0.15, -0.1) is 0 Å². The second-order valence-corrected chi connectivity index (χ2v) is 6.70. The van der Waals surface area contributed by atoms with Crippen molar-refractivity contribution in [3.63, 3.8) is 0 Å². The molecule has 7 heteroatoms. The molecule has 1 aromatic heterocycles. The first-order valence-corrected chi connectivity index (χ1v) is 9.36. The molecule has 1 fully saturated rings. The first-order valence-electron chi connectivity index (χ1n) is 9.36. The summed E-state index contributed by atoms with van der Waals surface area (Å²) >= 11 is 0. The predicted molar refractivity (Wildman–Crippen MR) is 104 cm³/mol. The molecule has 0 spiro atoms. The largest absolute Gasteiger partial charge is 0.494 e. The molecular formula is C21H22N4O3. The van der Waals surface area contributed by atoms with E-state index in [2.05, 4.69) is 15.5 Å². The summed E-state index contributed by atoms with van der Waals surface area (Å²) in [6.07, 6.45) is 0.638. The van der Waals surface area contributed by atoms with E-state index in [0.29, 0.717) is 37.8 Å². The molecule has 4 rings (SSSR count). The van der Waals surface area contributed by atoms with Gasteiger partial charge in [0, 0.05) is 25.2 Å². The van der Waals surface area contributed by atoms with E-state index in [-0.39, 0.29) is 11.9 Å². The standard InChI is InChI=1S/C21H22N4O3/c1-2-27-18-10-8-17(9-11-18)22-21(26)25-13-16(14-25)20-23-19(24-28-20)12-15-6-4-3-5-7-15/h3-11,16H,2,12-14H2,1H3,(H,22,26). The normalized spacial score (nSPS) is 13.8. The lowest BCUT2D eigenvalue weighted by Crippen LogP contribution is -2.50. The number of urea groups is 1. The van der Waals surface area contributed by atoms with Gasteiger partial charge in [-0.3, -0.25) is 0 Å². The third-order valence-electron chi connectivity index (χ3n) is 4.62. The van der Waals surface area contributed by atoms with Crippen LogP contribution in [0.2, 0.25) is 0 Å². The molecule has 1 N–H and O–H groups in total. The number of likely N-dealkylation sites (tertiary alicyclic amines) is 1. The molecule has 2 amide bonds. The van der Waals surface area contributed by atoms with Gasteiger partial charge in [0.05, 0.1) is 12.5 Å². The fourth-order valence-electron chi connectivity index (χ4n) is 3.09. The number of hydrogen-bond donors (Lipinski definition) is 1. The Labute approximate surface area is 163 Å². The van der Waals surface area contributed by atoms with E-state index < -0.39 is 0 Å². The number of amides is 2. The minimum Gasteiger partial charge on any atom is -0.494 e. The summed E-state index contributed by atoms with van der Waals surface area (Å²) in [4.78, 5) is 18.6. The monoisotopic (exact) mass is 378 g/mol. The molecule has 0 saturated carbocycles. The number of carbonyl (C=O) groups excluding carboxylic acids is 1. The molecule has 0 atom stereocenters. The SMILES string of the molecule is CCOc1ccc(NC(=O)N2CC(c3nc(Cc4ccccc4)no3)C2)cc1. The maximum Gasteiger partial charge on any atom is 0.321 e. The van der Waals surface area contributed by atoms with Crippen LogP contribution in [0.5, 0.6) is 5.75 Å². The molecule has 7 nitrogen and oxygen atoms in total. The van der Waals surface area contributed by atoms with E-state index in [1.54, 1.807) is 4.90 Å². The van der Waals surface area contributed by atoms with Crippen LogP contribution < -0.4 is 10.1 Å². The van der Waals surface area contributed by atoms with Gasteiger partial charge in [-0.05, 0) is 36.8 Å². The van der Waals surface area contributed by atoms with Gasteiger partial charge in [0.2, 0.25) is 5.89 Å². The first kappa shape index (κ1) is 18.0. The number of nitrogens with one attached hydrogen (secondary N) is 1. The molecule has 2 aromatic carbocycles. The number of ether oxygens (including phenoxy) is 1. The molecular weight excluding hydrogens is 356 g/mol. The highest BCUT2D eigenvalue weighted by molar-refractivity contribution is 5.90. The number of nitrogens with zero attached hydrogens (tertiary/aromatic N) is 3. The first-order chi connectivity index (χ1) is 13.7. The van der Waals surface area contributed by atoms with Gasteiger partial charge in [0.15, 0.2) is 5.82 Å². The van der Waals surface area contributed by atoms with Gasteiger partial charge in [-0.1, -0.05) is 35.5 Å². The number of anilines is 1. The summed E-state index contributed by atoms with van der Waals surface area (Å²) < 4.78 is 10.8. The summed E-state index contributed by atoms with van der Waals surface area (Å²) in [5, 5.41) is 6.95. The van der Waals surface area contributed by atoms with Crippen molar-refractivity contribution in [2.24, 2.45) is 0 Å². The van der Waals surface area contributed by atoms with Gasteiger partial charge in [-0.2, -0.15) is 4.98 Å². The van der Waals surface area contributed by atoms with Crippen LogP contribution >= 0.6 is 0 Å². The number of rotatable bonds is 6. The number of benzene rings is 2. The van der Waals surface area contributed by atoms with Crippen molar-refractivity contribution in [2.45, 2.75) is 19.3 Å². The van der Waals surface area contributed by atoms with Crippen molar-refractivity contribution in [1.29, 1.82) is 0 Å². The van der Waals surface area contributed by atoms with Crippen molar-refractivity contribution >= 4 is 11.7 Å². The molecule has 1 aliphatic rings. The maximum atomic E-state index is 12.3. The van der Waals surface area contributed by atoms with Crippen molar-refractivity contribution < 1.29 is 14.1 Å². The average Bonchev–Trinajstić information content (AvgIpc) is 3.11. The third kappa shape index (κ3) is 4.14. The predicted octanol–water partition coefficient (Wildman–Crippen LogP) is 3.69. The summed E-state index contributed by atoms with van der Waals surface area (Å²) in [7, 11) is 0. The lowest BCUT2D eigenvalue weighted by atomic mass is 10.0. The van der Waals surface area contributed by atoms with Crippen LogP contribution in [-0.2, 0) is 6.42 Å². The van der Waals surface area contributed by atoms with Gasteiger partial charge in [0.1, 0.15) is 5.75 Å². The Kier molecular flexibility index (Phi) is 5.23. The topological polar surface area (TPSA) is 80.5 Å². The highest BCUT2D eigenvalue weighted by Gasteiger charge is 2.35. The minimum atomic E-state index is -0.135. The van der Waals surface area contributed by atoms with Crippen LogP contribution in [0.25, 0.3) is 0 Å². The Morgan fingerprint density at radius 3 is 2.64 bits per heavy atom.